The van der Waals surface area contributed by atoms with Gasteiger partial charge in [-0.15, -0.1) is 0 Å². The Hall–Kier alpha value is -1.57. The molecule has 1 aromatic rings. The lowest BCUT2D eigenvalue weighted by Gasteiger charge is -2.34. The van der Waals surface area contributed by atoms with Crippen LogP contribution in [0.25, 0.3) is 0 Å². The molecule has 0 saturated carbocycles. The molecule has 7 heteroatoms. The van der Waals surface area contributed by atoms with E-state index in [9.17, 15) is 4.79 Å². The minimum atomic E-state index is -0.130. The van der Waals surface area contributed by atoms with E-state index in [4.69, 9.17) is 4.98 Å². The van der Waals surface area contributed by atoms with E-state index in [2.05, 4.69) is 35.0 Å². The van der Waals surface area contributed by atoms with Crippen LogP contribution in [0.3, 0.4) is 0 Å². The summed E-state index contributed by atoms with van der Waals surface area (Å²) in [5, 5.41) is 3.36. The molecule has 1 amide bonds. The second-order valence-electron chi connectivity index (χ2n) is 7.89. The van der Waals surface area contributed by atoms with E-state index in [0.717, 1.165) is 57.7 Å². The van der Waals surface area contributed by atoms with Gasteiger partial charge in [-0.1, -0.05) is 13.8 Å². The Balaban J connectivity index is 1.45. The van der Waals surface area contributed by atoms with Crippen molar-refractivity contribution in [2.45, 2.75) is 64.1 Å². The number of piperidine rings is 1. The number of hydrogen-bond donors (Lipinski definition) is 3. The predicted octanol–water partition coefficient (Wildman–Crippen LogP) is 0.719. The van der Waals surface area contributed by atoms with Crippen LogP contribution in [0.5, 0.6) is 0 Å². The molecule has 4 unspecified atom stereocenters. The van der Waals surface area contributed by atoms with E-state index in [-0.39, 0.29) is 17.9 Å². The molecule has 1 aromatic heterocycles. The molecular formula is C19H30N6O. The SMILES string of the molecule is CCC1NNC(C(=O)N2CCCC(c3ncc4c(n3)CCNC4)C2)C1C. The summed E-state index contributed by atoms with van der Waals surface area (Å²) in [6.07, 6.45) is 6.04. The summed E-state index contributed by atoms with van der Waals surface area (Å²) in [7, 11) is 0. The van der Waals surface area contributed by atoms with Gasteiger partial charge in [-0.25, -0.2) is 15.4 Å². The van der Waals surface area contributed by atoms with Crippen LogP contribution < -0.4 is 16.2 Å². The minimum absolute atomic E-state index is 0.130. The number of nitrogens with one attached hydrogen (secondary N) is 3. The highest BCUT2D eigenvalue weighted by Gasteiger charge is 2.39. The molecule has 0 radical (unpaired) electrons. The molecule has 2 fully saturated rings. The van der Waals surface area contributed by atoms with Crippen molar-refractivity contribution >= 4 is 5.91 Å². The van der Waals surface area contributed by atoms with Gasteiger partial charge in [-0.2, -0.15) is 0 Å². The fourth-order valence-electron chi connectivity index (χ4n) is 4.49. The number of fused-ring (bicyclic) bond motifs is 1. The van der Waals surface area contributed by atoms with E-state index in [1.165, 1.54) is 11.3 Å². The second kappa shape index (κ2) is 7.58. The van der Waals surface area contributed by atoms with E-state index >= 15 is 0 Å². The van der Waals surface area contributed by atoms with Gasteiger partial charge in [0.2, 0.25) is 5.91 Å². The smallest absolute Gasteiger partial charge is 0.241 e. The number of aromatic nitrogens is 2. The van der Waals surface area contributed by atoms with Gasteiger partial charge < -0.3 is 10.2 Å². The van der Waals surface area contributed by atoms with Crippen LogP contribution in [0.2, 0.25) is 0 Å². The lowest BCUT2D eigenvalue weighted by Crippen LogP contribution is -2.50. The average molecular weight is 358 g/mol. The number of likely N-dealkylation sites (tertiary alicyclic amines) is 1. The predicted molar refractivity (Wildman–Crippen MR) is 99.3 cm³/mol. The van der Waals surface area contributed by atoms with Gasteiger partial charge in [0.15, 0.2) is 0 Å². The number of carbonyl (C=O) groups excluding carboxylic acids is 1. The van der Waals surface area contributed by atoms with Crippen molar-refractivity contribution in [3.05, 3.63) is 23.3 Å². The number of rotatable bonds is 3. The lowest BCUT2D eigenvalue weighted by molar-refractivity contribution is -0.135. The van der Waals surface area contributed by atoms with Gasteiger partial charge in [0.05, 0.1) is 0 Å². The molecule has 3 aliphatic heterocycles. The first kappa shape index (κ1) is 17.8. The number of hydrazine groups is 1. The third kappa shape index (κ3) is 3.35. The molecule has 4 atom stereocenters. The van der Waals surface area contributed by atoms with E-state index < -0.39 is 0 Å². The molecule has 0 aromatic carbocycles. The zero-order chi connectivity index (χ0) is 18.1. The molecular weight excluding hydrogens is 328 g/mol. The summed E-state index contributed by atoms with van der Waals surface area (Å²) in [6.45, 7) is 7.73. The first-order valence-corrected chi connectivity index (χ1v) is 10.0. The molecule has 2 saturated heterocycles. The highest BCUT2D eigenvalue weighted by atomic mass is 16.2. The zero-order valence-electron chi connectivity index (χ0n) is 15.8. The number of amides is 1. The highest BCUT2D eigenvalue weighted by Crippen LogP contribution is 2.27. The number of hydrogen-bond acceptors (Lipinski definition) is 6. The maximum atomic E-state index is 13.1. The van der Waals surface area contributed by atoms with E-state index in [1.807, 2.05) is 11.1 Å². The first-order chi connectivity index (χ1) is 12.7. The Morgan fingerprint density at radius 1 is 1.38 bits per heavy atom. The van der Waals surface area contributed by atoms with Crippen molar-refractivity contribution < 1.29 is 4.79 Å². The third-order valence-electron chi connectivity index (χ3n) is 6.22. The van der Waals surface area contributed by atoms with Gasteiger partial charge in [0.25, 0.3) is 0 Å². The molecule has 7 nitrogen and oxygen atoms in total. The molecule has 0 aliphatic carbocycles. The summed E-state index contributed by atoms with van der Waals surface area (Å²) in [6, 6.07) is 0.233. The first-order valence-electron chi connectivity index (χ1n) is 10.0. The van der Waals surface area contributed by atoms with Gasteiger partial charge in [0, 0.05) is 62.0 Å². The average Bonchev–Trinajstić information content (AvgIpc) is 3.07. The Kier molecular flexibility index (Phi) is 5.20. The lowest BCUT2D eigenvalue weighted by atomic mass is 9.92. The van der Waals surface area contributed by atoms with Crippen LogP contribution in [0, 0.1) is 5.92 Å². The quantitative estimate of drug-likeness (QED) is 0.739. The summed E-state index contributed by atoms with van der Waals surface area (Å²) in [5.41, 5.74) is 8.89. The molecule has 4 rings (SSSR count). The fourth-order valence-corrected chi connectivity index (χ4v) is 4.49. The third-order valence-corrected chi connectivity index (χ3v) is 6.22. The second-order valence-corrected chi connectivity index (χ2v) is 7.89. The molecule has 142 valence electrons. The minimum Gasteiger partial charge on any atom is -0.341 e. The summed E-state index contributed by atoms with van der Waals surface area (Å²) < 4.78 is 0. The number of nitrogens with zero attached hydrogens (tertiary/aromatic N) is 3. The van der Waals surface area contributed by atoms with E-state index in [0.29, 0.717) is 12.0 Å². The summed E-state index contributed by atoms with van der Waals surface area (Å²) in [5.74, 6) is 1.69. The van der Waals surface area contributed by atoms with Crippen LogP contribution in [-0.2, 0) is 17.8 Å². The van der Waals surface area contributed by atoms with Crippen LogP contribution in [0.4, 0.5) is 0 Å². The Morgan fingerprint density at radius 3 is 3.08 bits per heavy atom. The van der Waals surface area contributed by atoms with Gasteiger partial charge >= 0.3 is 0 Å². The van der Waals surface area contributed by atoms with Crippen molar-refractivity contribution in [3.63, 3.8) is 0 Å². The Bertz CT molecular complexity index is 665. The monoisotopic (exact) mass is 358 g/mol. The molecule has 3 aliphatic rings. The normalized spacial score (nSPS) is 31.7. The summed E-state index contributed by atoms with van der Waals surface area (Å²) >= 11 is 0. The Labute approximate surface area is 155 Å². The van der Waals surface area contributed by atoms with E-state index in [1.54, 1.807) is 0 Å². The molecule has 3 N–H and O–H groups in total. The highest BCUT2D eigenvalue weighted by molar-refractivity contribution is 5.82. The molecule has 4 heterocycles. The van der Waals surface area contributed by atoms with Crippen molar-refractivity contribution in [3.8, 4) is 0 Å². The van der Waals surface area contributed by atoms with Crippen molar-refractivity contribution in [2.75, 3.05) is 19.6 Å². The van der Waals surface area contributed by atoms with Crippen LogP contribution in [-0.4, -0.2) is 52.5 Å². The summed E-state index contributed by atoms with van der Waals surface area (Å²) in [4.78, 5) is 24.6. The van der Waals surface area contributed by atoms with Crippen molar-refractivity contribution in [2.24, 2.45) is 5.92 Å². The maximum Gasteiger partial charge on any atom is 0.241 e. The van der Waals surface area contributed by atoms with Crippen LogP contribution >= 0.6 is 0 Å². The van der Waals surface area contributed by atoms with Gasteiger partial charge in [-0.05, 0) is 25.2 Å². The largest absolute Gasteiger partial charge is 0.341 e. The molecule has 26 heavy (non-hydrogen) atoms. The van der Waals surface area contributed by atoms with Crippen LogP contribution in [0.15, 0.2) is 6.20 Å². The molecule has 0 bridgehead atoms. The Morgan fingerprint density at radius 2 is 2.27 bits per heavy atom. The van der Waals surface area contributed by atoms with Crippen molar-refractivity contribution in [1.29, 1.82) is 0 Å². The van der Waals surface area contributed by atoms with Crippen LogP contribution in [0.1, 0.15) is 56.1 Å². The van der Waals surface area contributed by atoms with Crippen molar-refractivity contribution in [1.82, 2.24) is 31.0 Å². The fraction of sp³-hybridized carbons (Fsp3) is 0.737. The molecule has 0 spiro atoms. The maximum absolute atomic E-state index is 13.1. The standard InChI is InChI=1S/C19H30N6O/c1-3-15-12(2)17(24-23-15)19(26)25-8-4-5-13(11-25)18-21-10-14-9-20-7-6-16(14)22-18/h10,12-13,15,17,20,23-24H,3-9,11H2,1-2H3. The number of carbonyl (C=O) groups is 1. The van der Waals surface area contributed by atoms with Gasteiger partial charge in [0.1, 0.15) is 11.9 Å². The zero-order valence-corrected chi connectivity index (χ0v) is 15.8. The topological polar surface area (TPSA) is 82.2 Å². The van der Waals surface area contributed by atoms with Gasteiger partial charge in [-0.3, -0.25) is 10.2 Å².